The number of alkyl halides is 3. The van der Waals surface area contributed by atoms with E-state index in [1.807, 2.05) is 31.2 Å². The molecule has 1 saturated heterocycles. The molecule has 0 unspecified atom stereocenters. The topological polar surface area (TPSA) is 121 Å². The van der Waals surface area contributed by atoms with Gasteiger partial charge in [0, 0.05) is 42.9 Å². The maximum Gasteiger partial charge on any atom is 0.573 e. The number of rotatable bonds is 8. The van der Waals surface area contributed by atoms with Crippen molar-refractivity contribution in [3.63, 3.8) is 0 Å². The van der Waals surface area contributed by atoms with Gasteiger partial charge < -0.3 is 38.9 Å². The van der Waals surface area contributed by atoms with Gasteiger partial charge in [-0.1, -0.05) is 18.2 Å². The quantitative estimate of drug-likeness (QED) is 0.284. The molecule has 12 nitrogen and oxygen atoms in total. The Kier molecular flexibility index (Phi) is 7.51. The third kappa shape index (κ3) is 6.91. The van der Waals surface area contributed by atoms with E-state index in [4.69, 9.17) is 14.2 Å². The van der Waals surface area contributed by atoms with Crippen molar-refractivity contribution in [2.24, 2.45) is 0 Å². The van der Waals surface area contributed by atoms with Crippen molar-refractivity contribution in [1.82, 2.24) is 14.5 Å². The average Bonchev–Trinajstić information content (AvgIpc) is 3.46. The van der Waals surface area contributed by atoms with Crippen LogP contribution in [-0.2, 0) is 17.9 Å². The number of benzene rings is 2. The maximum atomic E-state index is 12.5. The molecule has 1 fully saturated rings. The van der Waals surface area contributed by atoms with Gasteiger partial charge in [-0.05, 0) is 41.7 Å². The van der Waals surface area contributed by atoms with E-state index in [2.05, 4.69) is 14.6 Å². The molecule has 0 spiro atoms. The first kappa shape index (κ1) is 27.9. The second-order valence-electron chi connectivity index (χ2n) is 9.83. The van der Waals surface area contributed by atoms with Crippen LogP contribution in [0.5, 0.6) is 17.5 Å². The fourth-order valence-corrected chi connectivity index (χ4v) is 4.53. The molecule has 0 radical (unpaired) electrons. The molecule has 0 N–H and O–H groups in total. The lowest BCUT2D eigenvalue weighted by atomic mass is 10.1. The summed E-state index contributed by atoms with van der Waals surface area (Å²) in [6, 6.07) is 12.8. The molecule has 0 bridgehead atoms. The second-order valence-corrected chi connectivity index (χ2v) is 9.83. The summed E-state index contributed by atoms with van der Waals surface area (Å²) in [6.45, 7) is 4.28. The predicted octanol–water partition coefficient (Wildman–Crippen LogP) is 4.38. The Bertz CT molecular complexity index is 1380. The van der Waals surface area contributed by atoms with E-state index in [0.29, 0.717) is 44.0 Å². The van der Waals surface area contributed by atoms with Crippen LogP contribution in [0.4, 0.5) is 29.5 Å². The summed E-state index contributed by atoms with van der Waals surface area (Å²) in [6.07, 6.45) is -3.94. The molecule has 2 aliphatic rings. The van der Waals surface area contributed by atoms with Crippen molar-refractivity contribution >= 4 is 17.6 Å². The molecule has 41 heavy (non-hydrogen) atoms. The Morgan fingerprint density at radius 3 is 2.51 bits per heavy atom. The molecular formula is C26H26F3N5O7. The Morgan fingerprint density at radius 2 is 1.85 bits per heavy atom. The van der Waals surface area contributed by atoms with Crippen LogP contribution < -0.4 is 19.1 Å². The number of anilines is 1. The predicted molar refractivity (Wildman–Crippen MR) is 137 cm³/mol. The summed E-state index contributed by atoms with van der Waals surface area (Å²) < 4.78 is 59.4. The van der Waals surface area contributed by atoms with Crippen molar-refractivity contribution in [1.29, 1.82) is 0 Å². The zero-order valence-corrected chi connectivity index (χ0v) is 21.9. The molecule has 3 aromatic rings. The highest BCUT2D eigenvalue weighted by Gasteiger charge is 2.41. The number of ether oxygens (including phenoxy) is 4. The Labute approximate surface area is 231 Å². The number of amides is 1. The van der Waals surface area contributed by atoms with Crippen molar-refractivity contribution in [2.75, 3.05) is 37.7 Å². The van der Waals surface area contributed by atoms with Crippen molar-refractivity contribution in [3.05, 3.63) is 70.4 Å². The molecule has 15 heteroatoms. The molecule has 5 rings (SSSR count). The molecule has 1 atom stereocenters. The van der Waals surface area contributed by atoms with Gasteiger partial charge >= 0.3 is 24.3 Å². The first-order chi connectivity index (χ1) is 19.5. The normalized spacial score (nSPS) is 18.4. The third-order valence-corrected chi connectivity index (χ3v) is 6.54. The zero-order valence-electron chi connectivity index (χ0n) is 21.9. The lowest BCUT2D eigenvalue weighted by Gasteiger charge is -2.35. The highest BCUT2D eigenvalue weighted by atomic mass is 19.4. The third-order valence-electron chi connectivity index (χ3n) is 6.54. The summed E-state index contributed by atoms with van der Waals surface area (Å²) in [5, 5.41) is 10.9. The average molecular weight is 578 g/mol. The van der Waals surface area contributed by atoms with E-state index in [0.717, 1.165) is 17.8 Å². The first-order valence-corrected chi connectivity index (χ1v) is 12.6. The molecular weight excluding hydrogens is 551 g/mol. The van der Waals surface area contributed by atoms with Crippen molar-refractivity contribution in [3.8, 4) is 17.5 Å². The minimum atomic E-state index is -4.77. The van der Waals surface area contributed by atoms with E-state index in [1.165, 1.54) is 18.3 Å². The smallest absolute Gasteiger partial charge is 0.489 e. The number of nitro groups is 1. The summed E-state index contributed by atoms with van der Waals surface area (Å²) in [5.41, 5.74) is 0.710. The van der Waals surface area contributed by atoms with Crippen molar-refractivity contribution < 1.29 is 41.8 Å². The number of imidazole rings is 1. The van der Waals surface area contributed by atoms with Gasteiger partial charge in [0.05, 0.1) is 6.54 Å². The molecule has 1 amide bonds. The molecule has 0 aliphatic carbocycles. The molecule has 3 heterocycles. The SMILES string of the molecule is C[C@]1(COc2cccc(N3CCN(C(=O)OCc4ccc(OC(F)(F)F)cc4)CC3)c2)Cn2cc([N+](=O)[O-])nc2O1. The summed E-state index contributed by atoms with van der Waals surface area (Å²) in [5.74, 6) is 0.00809. The standard InChI is InChI=1S/C26H26F3N5O7/c1-25(16-33-14-22(34(36)37)30-23(33)41-25)17-39-21-4-2-3-19(13-21)31-9-11-32(12-10-31)24(35)38-15-18-5-7-20(8-6-18)40-26(27,28)29/h2-8,13-14H,9-12,15-17H2,1H3/t25-/m1/s1. The zero-order chi connectivity index (χ0) is 29.2. The number of hydrogen-bond acceptors (Lipinski definition) is 9. The number of fused-ring (bicyclic) bond motifs is 1. The van der Waals surface area contributed by atoms with E-state index >= 15 is 0 Å². The summed E-state index contributed by atoms with van der Waals surface area (Å²) in [7, 11) is 0. The van der Waals surface area contributed by atoms with Crippen LogP contribution in [0.15, 0.2) is 54.7 Å². The fourth-order valence-electron chi connectivity index (χ4n) is 4.53. The van der Waals surface area contributed by atoms with Crippen LogP contribution in [0, 0.1) is 10.1 Å². The number of piperazine rings is 1. The van der Waals surface area contributed by atoms with Crippen LogP contribution in [0.25, 0.3) is 0 Å². The Hall–Kier alpha value is -4.69. The van der Waals surface area contributed by atoms with E-state index in [9.17, 15) is 28.1 Å². The summed E-state index contributed by atoms with van der Waals surface area (Å²) >= 11 is 0. The first-order valence-electron chi connectivity index (χ1n) is 12.6. The van der Waals surface area contributed by atoms with Crippen molar-refractivity contribution in [2.45, 2.75) is 32.0 Å². The monoisotopic (exact) mass is 577 g/mol. The highest BCUT2D eigenvalue weighted by Crippen LogP contribution is 2.32. The Balaban J connectivity index is 1.07. The van der Waals surface area contributed by atoms with Gasteiger partial charge in [-0.25, -0.2) is 4.79 Å². The molecule has 218 valence electrons. The van der Waals surface area contributed by atoms with Gasteiger partial charge in [-0.15, -0.1) is 13.2 Å². The van der Waals surface area contributed by atoms with Crippen LogP contribution in [0.1, 0.15) is 12.5 Å². The van der Waals surface area contributed by atoms with E-state index in [1.54, 1.807) is 9.47 Å². The minimum absolute atomic E-state index is 0.0777. The summed E-state index contributed by atoms with van der Waals surface area (Å²) in [4.78, 5) is 30.4. The van der Waals surface area contributed by atoms with Crippen LogP contribution in [-0.4, -0.2) is 70.2 Å². The van der Waals surface area contributed by atoms with Gasteiger partial charge in [0.15, 0.2) is 5.60 Å². The van der Waals surface area contributed by atoms with Crippen LogP contribution in [0.3, 0.4) is 0 Å². The van der Waals surface area contributed by atoms with Gasteiger partial charge in [0.1, 0.15) is 30.9 Å². The second kappa shape index (κ2) is 11.1. The number of nitrogens with zero attached hydrogens (tertiary/aromatic N) is 5. The van der Waals surface area contributed by atoms with E-state index < -0.39 is 23.0 Å². The van der Waals surface area contributed by atoms with Gasteiger partial charge in [-0.2, -0.15) is 0 Å². The number of carbonyl (C=O) groups is 1. The molecule has 2 aromatic carbocycles. The fraction of sp³-hybridized carbons (Fsp3) is 0.385. The molecule has 2 aliphatic heterocycles. The Morgan fingerprint density at radius 1 is 1.12 bits per heavy atom. The van der Waals surface area contributed by atoms with Crippen LogP contribution in [0.2, 0.25) is 0 Å². The number of hydrogen-bond donors (Lipinski definition) is 0. The minimum Gasteiger partial charge on any atom is -0.489 e. The molecule has 1 aromatic heterocycles. The lowest BCUT2D eigenvalue weighted by molar-refractivity contribution is -0.389. The van der Waals surface area contributed by atoms with Gasteiger partial charge in [0.2, 0.25) is 0 Å². The highest BCUT2D eigenvalue weighted by molar-refractivity contribution is 5.68. The number of aromatic nitrogens is 2. The van der Waals surface area contributed by atoms with E-state index in [-0.39, 0.29) is 30.8 Å². The van der Waals surface area contributed by atoms with Gasteiger partial charge in [0.25, 0.3) is 0 Å². The van der Waals surface area contributed by atoms with Gasteiger partial charge in [-0.3, -0.25) is 4.57 Å². The number of carbonyl (C=O) groups excluding carboxylic acids is 1. The molecule has 0 saturated carbocycles. The largest absolute Gasteiger partial charge is 0.573 e. The van der Waals surface area contributed by atoms with Crippen LogP contribution >= 0.6 is 0 Å². The maximum absolute atomic E-state index is 12.5. The number of halogens is 3. The lowest BCUT2D eigenvalue weighted by Crippen LogP contribution is -2.48.